The second-order valence-corrected chi connectivity index (χ2v) is 18.8. The van der Waals surface area contributed by atoms with E-state index in [0.29, 0.717) is 62.4 Å². The van der Waals surface area contributed by atoms with Crippen molar-refractivity contribution in [3.8, 4) is 5.75 Å². The van der Waals surface area contributed by atoms with Crippen molar-refractivity contribution in [2.45, 2.75) is 88.0 Å². The summed E-state index contributed by atoms with van der Waals surface area (Å²) in [5.74, 6) is -0.412. The number of para-hydroxylation sites is 1. The highest BCUT2D eigenvalue weighted by Crippen LogP contribution is 2.53. The molecule has 1 aliphatic carbocycles. The first-order valence-electron chi connectivity index (χ1n) is 19.8. The van der Waals surface area contributed by atoms with Crippen LogP contribution in [0.2, 0.25) is 0 Å². The first-order chi connectivity index (χ1) is 27.1. The third-order valence-electron chi connectivity index (χ3n) is 11.5. The summed E-state index contributed by atoms with van der Waals surface area (Å²) < 4.78 is 26.9. The third-order valence-corrected chi connectivity index (χ3v) is 14.7. The predicted molar refractivity (Wildman–Crippen MR) is 213 cm³/mol. The molecule has 56 heavy (non-hydrogen) atoms. The summed E-state index contributed by atoms with van der Waals surface area (Å²) in [6.45, 7) is 3.69. The molecule has 4 aromatic rings. The zero-order chi connectivity index (χ0) is 38.9. The van der Waals surface area contributed by atoms with Crippen LogP contribution in [0.3, 0.4) is 0 Å². The SMILES string of the molecule is CCCOC(=O)C1(NP(=O)(Cc2ccc3sc(C(=O)NCC4CCC[C@H]5CC[C@@H](C(=O)N6CC(c7cccnc7)C6)N5C4=O)cc3c2)Oc2ccccc2)CC1. The highest BCUT2D eigenvalue weighted by atomic mass is 32.1. The molecule has 8 rings (SSSR count). The van der Waals surface area contributed by atoms with Crippen LogP contribution >= 0.6 is 18.9 Å². The number of pyridine rings is 1. The average molecular weight is 798 g/mol. The van der Waals surface area contributed by atoms with Gasteiger partial charge in [-0.2, -0.15) is 0 Å². The molecule has 0 radical (unpaired) electrons. The van der Waals surface area contributed by atoms with Crippen molar-refractivity contribution in [2.75, 3.05) is 26.2 Å². The number of amides is 3. The highest BCUT2D eigenvalue weighted by molar-refractivity contribution is 7.56. The van der Waals surface area contributed by atoms with Crippen LogP contribution in [-0.4, -0.2) is 82.3 Å². The first kappa shape index (κ1) is 38.3. The molecule has 4 fully saturated rings. The summed E-state index contributed by atoms with van der Waals surface area (Å²) in [6, 6.07) is 19.9. The van der Waals surface area contributed by atoms with E-state index in [1.54, 1.807) is 30.5 Å². The van der Waals surface area contributed by atoms with Crippen molar-refractivity contribution < 1.29 is 33.0 Å². The molecular formula is C42H48N5O7PS. The predicted octanol–water partition coefficient (Wildman–Crippen LogP) is 6.66. The van der Waals surface area contributed by atoms with Crippen LogP contribution in [0.4, 0.5) is 0 Å². The quantitative estimate of drug-likeness (QED) is 0.106. The molecule has 5 heterocycles. The lowest BCUT2D eigenvalue weighted by Crippen LogP contribution is -2.57. The van der Waals surface area contributed by atoms with Gasteiger partial charge in [0.2, 0.25) is 11.8 Å². The zero-order valence-electron chi connectivity index (χ0n) is 31.6. The summed E-state index contributed by atoms with van der Waals surface area (Å²) in [5, 5.41) is 6.94. The Balaban J connectivity index is 0.912. The van der Waals surface area contributed by atoms with Gasteiger partial charge in [-0.15, -0.1) is 11.3 Å². The summed E-state index contributed by atoms with van der Waals surface area (Å²) in [6.07, 6.45) is 9.20. The number of nitrogens with one attached hydrogen (secondary N) is 2. The molecule has 4 aliphatic rings. The molecule has 14 heteroatoms. The number of carbonyl (C=O) groups excluding carboxylic acids is 4. The van der Waals surface area contributed by atoms with Gasteiger partial charge in [0.05, 0.1) is 23.6 Å². The molecule has 1 saturated carbocycles. The number of likely N-dealkylation sites (tertiary alicyclic amines) is 1. The third kappa shape index (κ3) is 8.12. The number of ether oxygens (including phenoxy) is 1. The number of carbonyl (C=O) groups is 4. The monoisotopic (exact) mass is 797 g/mol. The molecule has 3 amide bonds. The van der Waals surface area contributed by atoms with Gasteiger partial charge in [-0.25, -0.2) is 5.09 Å². The van der Waals surface area contributed by atoms with E-state index in [0.717, 1.165) is 40.5 Å². The van der Waals surface area contributed by atoms with Crippen LogP contribution in [0.1, 0.15) is 85.0 Å². The molecule has 3 saturated heterocycles. The fraction of sp³-hybridized carbons (Fsp3) is 0.452. The van der Waals surface area contributed by atoms with Gasteiger partial charge in [-0.3, -0.25) is 28.7 Å². The van der Waals surface area contributed by atoms with Gasteiger partial charge in [0.25, 0.3) is 5.91 Å². The topological polar surface area (TPSA) is 147 Å². The van der Waals surface area contributed by atoms with Crippen molar-refractivity contribution in [3.63, 3.8) is 0 Å². The van der Waals surface area contributed by atoms with E-state index in [1.807, 2.05) is 65.4 Å². The lowest BCUT2D eigenvalue weighted by molar-refractivity contribution is -0.149. The number of thiophene rings is 1. The minimum Gasteiger partial charge on any atom is -0.464 e. The number of aromatic nitrogens is 1. The van der Waals surface area contributed by atoms with Crippen molar-refractivity contribution in [1.29, 1.82) is 0 Å². The maximum absolute atomic E-state index is 14.5. The molecule has 0 spiro atoms. The Labute approximate surface area is 330 Å². The molecule has 0 bridgehead atoms. The van der Waals surface area contributed by atoms with Crippen LogP contribution in [-0.2, 0) is 29.8 Å². The van der Waals surface area contributed by atoms with Gasteiger partial charge >= 0.3 is 13.5 Å². The summed E-state index contributed by atoms with van der Waals surface area (Å²) >= 11 is 1.35. The van der Waals surface area contributed by atoms with Gasteiger partial charge in [-0.05, 0) is 97.9 Å². The second-order valence-electron chi connectivity index (χ2n) is 15.6. The van der Waals surface area contributed by atoms with E-state index >= 15 is 0 Å². The van der Waals surface area contributed by atoms with Gasteiger partial charge in [0.1, 0.15) is 17.3 Å². The van der Waals surface area contributed by atoms with Crippen LogP contribution < -0.4 is 14.9 Å². The Kier molecular flexibility index (Phi) is 11.0. The molecule has 12 nitrogen and oxygen atoms in total. The van der Waals surface area contributed by atoms with E-state index in [1.165, 1.54) is 11.3 Å². The lowest BCUT2D eigenvalue weighted by atomic mass is 9.91. The standard InChI is InChI=1S/C42H48N5O7PS/c1-2-20-53-41(51)42(17-18-42)45-55(52,54-34-11-4-3-5-12-34)27-28-13-16-36-31(21-28)22-37(56-36)38(48)44-24-30-8-6-10-33-14-15-35(47(33)39(30)49)40(50)46-25-32(26-46)29-9-7-19-43-23-29/h3-5,7,9,11-13,16,19,21-23,30,32-33,35H,2,6,8,10,14-15,17-18,20,24-27H2,1H3,(H,44,48)(H,45,52)/t30?,33-,35-,55?/m0/s1. The van der Waals surface area contributed by atoms with Crippen molar-refractivity contribution >= 4 is 52.6 Å². The Morgan fingerprint density at radius 1 is 1.00 bits per heavy atom. The molecule has 3 aliphatic heterocycles. The minimum absolute atomic E-state index is 0.0195. The average Bonchev–Trinajstić information content (AvgIpc) is 3.67. The van der Waals surface area contributed by atoms with E-state index < -0.39 is 31.0 Å². The number of nitrogens with zero attached hydrogens (tertiary/aromatic N) is 3. The van der Waals surface area contributed by atoms with Crippen LogP contribution in [0.15, 0.2) is 79.1 Å². The van der Waals surface area contributed by atoms with Crippen LogP contribution in [0, 0.1) is 5.92 Å². The van der Waals surface area contributed by atoms with Gasteiger partial charge in [0, 0.05) is 48.7 Å². The minimum atomic E-state index is -3.66. The van der Waals surface area contributed by atoms with E-state index in [4.69, 9.17) is 9.26 Å². The zero-order valence-corrected chi connectivity index (χ0v) is 33.3. The smallest absolute Gasteiger partial charge is 0.326 e. The number of rotatable bonds is 14. The van der Waals surface area contributed by atoms with Crippen LogP contribution in [0.5, 0.6) is 5.75 Å². The molecule has 2 unspecified atom stereocenters. The number of esters is 1. The number of benzene rings is 2. The molecule has 4 atom stereocenters. The van der Waals surface area contributed by atoms with Gasteiger partial charge < -0.3 is 24.4 Å². The molecule has 2 N–H and O–H groups in total. The number of fused-ring (bicyclic) bond motifs is 2. The Hall–Kier alpha value is -4.58. The summed E-state index contributed by atoms with van der Waals surface area (Å²) in [4.78, 5) is 62.6. The van der Waals surface area contributed by atoms with Crippen molar-refractivity contribution in [3.05, 3.63) is 95.1 Å². The molecule has 2 aromatic carbocycles. The molecule has 294 valence electrons. The van der Waals surface area contributed by atoms with Crippen molar-refractivity contribution in [2.24, 2.45) is 5.92 Å². The maximum Gasteiger partial charge on any atom is 0.326 e. The largest absolute Gasteiger partial charge is 0.464 e. The maximum atomic E-state index is 14.5. The molecular weight excluding hydrogens is 750 g/mol. The Morgan fingerprint density at radius 2 is 1.82 bits per heavy atom. The van der Waals surface area contributed by atoms with E-state index in [2.05, 4.69) is 15.4 Å². The van der Waals surface area contributed by atoms with Gasteiger partial charge in [0.15, 0.2) is 0 Å². The van der Waals surface area contributed by atoms with Crippen molar-refractivity contribution in [1.82, 2.24) is 25.2 Å². The second kappa shape index (κ2) is 16.1. The lowest BCUT2D eigenvalue weighted by Gasteiger charge is -2.42. The normalized spacial score (nSPS) is 22.7. The number of hydrogen-bond donors (Lipinski definition) is 2. The van der Waals surface area contributed by atoms with Crippen LogP contribution in [0.25, 0.3) is 10.1 Å². The number of hydrogen-bond acceptors (Lipinski definition) is 9. The van der Waals surface area contributed by atoms with Gasteiger partial charge in [-0.1, -0.05) is 43.7 Å². The van der Waals surface area contributed by atoms with E-state index in [9.17, 15) is 23.7 Å². The van der Waals surface area contributed by atoms with E-state index in [-0.39, 0.29) is 42.4 Å². The Morgan fingerprint density at radius 3 is 2.57 bits per heavy atom. The fourth-order valence-electron chi connectivity index (χ4n) is 8.30. The summed E-state index contributed by atoms with van der Waals surface area (Å²) in [5.41, 5.74) is 0.814. The summed E-state index contributed by atoms with van der Waals surface area (Å²) in [7, 11) is -3.66. The Bertz CT molecular complexity index is 2140. The highest BCUT2D eigenvalue weighted by Gasteiger charge is 2.55. The first-order valence-corrected chi connectivity index (χ1v) is 22.4. The fourth-order valence-corrected chi connectivity index (χ4v) is 11.6. The molecule has 2 aromatic heterocycles.